The quantitative estimate of drug-likeness (QED) is 0.353. The van der Waals surface area contributed by atoms with Crippen LogP contribution in [0.3, 0.4) is 0 Å². The van der Waals surface area contributed by atoms with Gasteiger partial charge in [-0.1, -0.05) is 24.6 Å². The number of anilines is 1. The summed E-state index contributed by atoms with van der Waals surface area (Å²) in [5.41, 5.74) is 2.05. The van der Waals surface area contributed by atoms with E-state index in [0.717, 1.165) is 32.5 Å². The number of benzene rings is 2. The van der Waals surface area contributed by atoms with Crippen LogP contribution in [0.4, 0.5) is 5.69 Å². The Labute approximate surface area is 259 Å². The van der Waals surface area contributed by atoms with E-state index in [4.69, 9.17) is 14.2 Å². The van der Waals surface area contributed by atoms with E-state index in [2.05, 4.69) is 4.90 Å². The minimum Gasteiger partial charge on any atom is -0.493 e. The Morgan fingerprint density at radius 2 is 1.77 bits per heavy atom. The van der Waals surface area contributed by atoms with Gasteiger partial charge in [0.05, 0.1) is 31.0 Å². The highest BCUT2D eigenvalue weighted by Crippen LogP contribution is 2.49. The lowest BCUT2D eigenvalue weighted by Gasteiger charge is -2.46. The molecule has 4 aliphatic rings. The summed E-state index contributed by atoms with van der Waals surface area (Å²) < 4.78 is 16.4. The minimum absolute atomic E-state index is 0.0316. The zero-order chi connectivity index (χ0) is 30.8. The molecule has 2 aromatic carbocycles. The highest BCUT2D eigenvalue weighted by Gasteiger charge is 2.49. The van der Waals surface area contributed by atoms with Crippen LogP contribution >= 0.6 is 0 Å². The lowest BCUT2D eigenvalue weighted by molar-refractivity contribution is -0.133. The van der Waals surface area contributed by atoms with Crippen molar-refractivity contribution >= 4 is 23.4 Å². The third-order valence-corrected chi connectivity index (χ3v) is 9.86. The predicted molar refractivity (Wildman–Crippen MR) is 166 cm³/mol. The maximum Gasteiger partial charge on any atom is 0.264 e. The van der Waals surface area contributed by atoms with Gasteiger partial charge in [0, 0.05) is 51.4 Å². The van der Waals surface area contributed by atoms with Crippen molar-refractivity contribution in [2.75, 3.05) is 65.6 Å². The van der Waals surface area contributed by atoms with Gasteiger partial charge in [-0.3, -0.25) is 19.3 Å². The van der Waals surface area contributed by atoms with Crippen molar-refractivity contribution in [1.29, 1.82) is 0 Å². The van der Waals surface area contributed by atoms with E-state index in [1.807, 2.05) is 17.0 Å². The molecule has 10 nitrogen and oxygen atoms in total. The van der Waals surface area contributed by atoms with E-state index in [9.17, 15) is 14.4 Å². The van der Waals surface area contributed by atoms with Crippen molar-refractivity contribution in [1.82, 2.24) is 14.7 Å². The average Bonchev–Trinajstić information content (AvgIpc) is 3.35. The van der Waals surface area contributed by atoms with Gasteiger partial charge < -0.3 is 28.9 Å². The molecule has 2 saturated heterocycles. The fourth-order valence-electron chi connectivity index (χ4n) is 7.82. The van der Waals surface area contributed by atoms with Gasteiger partial charge in [0.15, 0.2) is 11.5 Å². The monoisotopic (exact) mass is 604 g/mol. The number of rotatable bonds is 11. The zero-order valence-electron chi connectivity index (χ0n) is 26.1. The molecule has 44 heavy (non-hydrogen) atoms. The summed E-state index contributed by atoms with van der Waals surface area (Å²) in [5, 5.41) is 0. The van der Waals surface area contributed by atoms with Gasteiger partial charge in [0.25, 0.3) is 11.8 Å². The number of methoxy groups -OCH3 is 3. The van der Waals surface area contributed by atoms with Crippen LogP contribution < -0.4 is 14.4 Å². The van der Waals surface area contributed by atoms with Crippen molar-refractivity contribution in [3.05, 3.63) is 53.1 Å². The predicted octanol–water partition coefficient (Wildman–Crippen LogP) is 4.34. The Bertz CT molecular complexity index is 1400. The van der Waals surface area contributed by atoms with Crippen LogP contribution in [0.15, 0.2) is 36.4 Å². The molecule has 236 valence electrons. The number of amides is 3. The average molecular weight is 605 g/mol. The summed E-state index contributed by atoms with van der Waals surface area (Å²) in [6.45, 7) is 4.45. The minimum atomic E-state index is -0.677. The summed E-state index contributed by atoms with van der Waals surface area (Å²) in [4.78, 5) is 49.9. The molecule has 0 bridgehead atoms. The fourth-order valence-corrected chi connectivity index (χ4v) is 7.82. The van der Waals surface area contributed by atoms with Crippen molar-refractivity contribution < 1.29 is 28.6 Å². The second-order valence-electron chi connectivity index (χ2n) is 12.3. The molecular formula is C34H44N4O6. The molecular weight excluding hydrogens is 560 g/mol. The molecule has 0 aliphatic carbocycles. The van der Waals surface area contributed by atoms with Gasteiger partial charge in [0.1, 0.15) is 6.17 Å². The SMILES string of the molecule is COCCCN(CC1CCCN2CCCCC12)C(=O)CCN1C(=O)c2ccccc2N2C(=O)c3c(ccc(OC)c3OC)C12. The van der Waals surface area contributed by atoms with Crippen LogP contribution in [0.5, 0.6) is 11.5 Å². The first kappa shape index (κ1) is 30.4. The number of hydrogen-bond acceptors (Lipinski definition) is 7. The number of nitrogens with zero attached hydrogens (tertiary/aromatic N) is 4. The first-order valence-corrected chi connectivity index (χ1v) is 16.0. The smallest absolute Gasteiger partial charge is 0.264 e. The topological polar surface area (TPSA) is 91.9 Å². The van der Waals surface area contributed by atoms with E-state index in [1.165, 1.54) is 39.9 Å². The lowest BCUT2D eigenvalue weighted by Crippen LogP contribution is -2.52. The van der Waals surface area contributed by atoms with Crippen LogP contribution in [0.25, 0.3) is 0 Å². The molecule has 2 aromatic rings. The van der Waals surface area contributed by atoms with E-state index in [-0.39, 0.29) is 30.7 Å². The van der Waals surface area contributed by atoms with Crippen molar-refractivity contribution in [2.24, 2.45) is 5.92 Å². The Morgan fingerprint density at radius 1 is 0.955 bits per heavy atom. The maximum atomic E-state index is 14.0. The van der Waals surface area contributed by atoms with Gasteiger partial charge in [-0.15, -0.1) is 0 Å². The van der Waals surface area contributed by atoms with E-state index in [0.29, 0.717) is 59.0 Å². The number of fused-ring (bicyclic) bond motifs is 6. The summed E-state index contributed by atoms with van der Waals surface area (Å²) >= 11 is 0. The molecule has 0 aromatic heterocycles. The van der Waals surface area contributed by atoms with Gasteiger partial charge in [0.2, 0.25) is 5.91 Å². The van der Waals surface area contributed by atoms with Crippen LogP contribution in [-0.4, -0.2) is 99.1 Å². The van der Waals surface area contributed by atoms with Crippen molar-refractivity contribution in [3.8, 4) is 11.5 Å². The van der Waals surface area contributed by atoms with Crippen LogP contribution in [0.1, 0.15) is 77.4 Å². The van der Waals surface area contributed by atoms with Gasteiger partial charge >= 0.3 is 0 Å². The molecule has 4 heterocycles. The van der Waals surface area contributed by atoms with Crippen molar-refractivity contribution in [3.63, 3.8) is 0 Å². The molecule has 6 rings (SSSR count). The Hall–Kier alpha value is -3.63. The van der Waals surface area contributed by atoms with Gasteiger partial charge in [-0.2, -0.15) is 0 Å². The molecule has 0 N–H and O–H groups in total. The Balaban J connectivity index is 1.26. The Kier molecular flexibility index (Phi) is 9.09. The van der Waals surface area contributed by atoms with Crippen LogP contribution in [0, 0.1) is 5.92 Å². The summed E-state index contributed by atoms with van der Waals surface area (Å²) in [5.74, 6) is 0.833. The number of hydrogen-bond donors (Lipinski definition) is 0. The molecule has 3 amide bonds. The number of para-hydroxylation sites is 1. The highest BCUT2D eigenvalue weighted by atomic mass is 16.5. The first-order valence-electron chi connectivity index (χ1n) is 16.0. The summed E-state index contributed by atoms with van der Waals surface area (Å²) in [6.07, 6.45) is 6.27. The zero-order valence-corrected chi connectivity index (χ0v) is 26.1. The van der Waals surface area contributed by atoms with Crippen LogP contribution in [-0.2, 0) is 9.53 Å². The number of ether oxygens (including phenoxy) is 3. The lowest BCUT2D eigenvalue weighted by atomic mass is 9.83. The van der Waals surface area contributed by atoms with E-state index < -0.39 is 6.17 Å². The van der Waals surface area contributed by atoms with E-state index >= 15 is 0 Å². The van der Waals surface area contributed by atoms with Gasteiger partial charge in [-0.05, 0) is 69.3 Å². The number of carbonyl (C=O) groups excluding carboxylic acids is 3. The molecule has 0 saturated carbocycles. The first-order chi connectivity index (χ1) is 21.5. The number of piperidine rings is 2. The summed E-state index contributed by atoms with van der Waals surface area (Å²) in [6, 6.07) is 11.3. The van der Waals surface area contributed by atoms with Crippen LogP contribution in [0.2, 0.25) is 0 Å². The second kappa shape index (κ2) is 13.2. The maximum absolute atomic E-state index is 14.0. The van der Waals surface area contributed by atoms with E-state index in [1.54, 1.807) is 41.2 Å². The molecule has 4 aliphatic heterocycles. The molecule has 10 heteroatoms. The molecule has 3 unspecified atom stereocenters. The molecule has 3 atom stereocenters. The Morgan fingerprint density at radius 3 is 2.57 bits per heavy atom. The third kappa shape index (κ3) is 5.43. The number of carbonyl (C=O) groups is 3. The largest absolute Gasteiger partial charge is 0.493 e. The molecule has 0 spiro atoms. The molecule has 0 radical (unpaired) electrons. The third-order valence-electron chi connectivity index (χ3n) is 9.86. The normalized spacial score (nSPS) is 22.7. The van der Waals surface area contributed by atoms with Gasteiger partial charge in [-0.25, -0.2) is 0 Å². The summed E-state index contributed by atoms with van der Waals surface area (Å²) in [7, 11) is 4.73. The fraction of sp³-hybridized carbons (Fsp3) is 0.559. The second-order valence-corrected chi connectivity index (χ2v) is 12.3. The molecule has 2 fully saturated rings. The highest BCUT2D eigenvalue weighted by molar-refractivity contribution is 6.18. The van der Waals surface area contributed by atoms with Crippen molar-refractivity contribution in [2.45, 2.75) is 57.2 Å². The standard InChI is InChI=1S/C34H44N4O6/c1-42-21-9-19-36(22-23-10-8-18-35-17-7-6-12-26(23)35)29(39)16-20-37-32-25-14-15-28(43-2)31(44-3)30(25)34(41)38(32)27-13-5-4-11-24(27)33(37)40/h4-5,11,13-15,23,26,32H,6-10,12,16-22H2,1-3H3.